The van der Waals surface area contributed by atoms with Crippen LogP contribution >= 0.6 is 0 Å². The summed E-state index contributed by atoms with van der Waals surface area (Å²) in [6, 6.07) is 81.9. The number of benzene rings is 10. The molecule has 0 bridgehead atoms. The Labute approximate surface area is 365 Å². The smallest absolute Gasteiger partial charge is 0.164 e. The molecule has 4 nitrogen and oxygen atoms in total. The minimum absolute atomic E-state index is 0.645. The summed E-state index contributed by atoms with van der Waals surface area (Å²) in [5.41, 5.74) is 13.5. The zero-order valence-electron chi connectivity index (χ0n) is 34.2. The lowest BCUT2D eigenvalue weighted by atomic mass is 9.88. The summed E-state index contributed by atoms with van der Waals surface area (Å²) in [4.78, 5) is 15.1. The molecule has 12 aromatic rings. The minimum atomic E-state index is 0.645. The van der Waals surface area contributed by atoms with Crippen molar-refractivity contribution in [3.05, 3.63) is 231 Å². The van der Waals surface area contributed by atoms with Crippen LogP contribution in [-0.4, -0.2) is 19.5 Å². The third kappa shape index (κ3) is 6.27. The summed E-state index contributed by atoms with van der Waals surface area (Å²) in [6.07, 6.45) is 0. The van der Waals surface area contributed by atoms with E-state index in [9.17, 15) is 0 Å². The molecule has 0 atom stereocenters. The van der Waals surface area contributed by atoms with E-state index >= 15 is 0 Å². The van der Waals surface area contributed by atoms with Crippen LogP contribution in [0.1, 0.15) is 0 Å². The van der Waals surface area contributed by atoms with Crippen molar-refractivity contribution in [1.29, 1.82) is 0 Å². The first-order valence-corrected chi connectivity index (χ1v) is 21.4. The minimum Gasteiger partial charge on any atom is -0.309 e. The Kier molecular flexibility index (Phi) is 8.79. The van der Waals surface area contributed by atoms with Gasteiger partial charge in [0, 0.05) is 33.0 Å². The molecule has 0 amide bonds. The molecule has 0 aliphatic heterocycles. The van der Waals surface area contributed by atoms with Crippen LogP contribution in [0.3, 0.4) is 0 Å². The van der Waals surface area contributed by atoms with Crippen molar-refractivity contribution in [2.24, 2.45) is 0 Å². The first-order chi connectivity index (χ1) is 31.3. The highest BCUT2D eigenvalue weighted by Crippen LogP contribution is 2.42. The predicted octanol–water partition coefficient (Wildman–Crippen LogP) is 15.3. The number of para-hydroxylation sites is 3. The Morgan fingerprint density at radius 1 is 0.222 bits per heavy atom. The first kappa shape index (κ1) is 36.4. The molecule has 12 rings (SSSR count). The highest BCUT2D eigenvalue weighted by molar-refractivity contribution is 6.12. The van der Waals surface area contributed by atoms with E-state index in [2.05, 4.69) is 174 Å². The maximum Gasteiger partial charge on any atom is 0.164 e. The van der Waals surface area contributed by atoms with Crippen molar-refractivity contribution >= 4 is 43.4 Å². The van der Waals surface area contributed by atoms with Gasteiger partial charge in [0.1, 0.15) is 0 Å². The predicted molar refractivity (Wildman–Crippen MR) is 262 cm³/mol. The average molecular weight is 803 g/mol. The van der Waals surface area contributed by atoms with Gasteiger partial charge in [-0.15, -0.1) is 0 Å². The third-order valence-corrected chi connectivity index (χ3v) is 12.3. The normalized spacial score (nSPS) is 11.5. The van der Waals surface area contributed by atoms with E-state index in [4.69, 9.17) is 15.0 Å². The van der Waals surface area contributed by atoms with Gasteiger partial charge in [0.2, 0.25) is 0 Å². The monoisotopic (exact) mass is 802 g/mol. The van der Waals surface area contributed by atoms with Gasteiger partial charge in [0.15, 0.2) is 17.5 Å². The standard InChI is InChI=1S/C59H38N4/c1-3-17-41(18-4-1)57-60-58(42-19-5-2-6-20-42)62-59(61-57)53-38-37-50(47-24-9-10-25-48(47)53)49-36-35-43(45-22-7-8-23-46(45)49)39-31-33-40(34-32-39)44-21-11-14-28-54(44)63-55-29-15-12-26-51(55)52-27-13-16-30-56(52)63/h1-38H. The quantitative estimate of drug-likeness (QED) is 0.161. The van der Waals surface area contributed by atoms with E-state index in [1.165, 1.54) is 66.1 Å². The van der Waals surface area contributed by atoms with Gasteiger partial charge in [-0.1, -0.05) is 206 Å². The van der Waals surface area contributed by atoms with Gasteiger partial charge < -0.3 is 4.57 Å². The van der Waals surface area contributed by atoms with E-state index in [1.54, 1.807) is 0 Å². The Hall–Kier alpha value is -8.47. The van der Waals surface area contributed by atoms with Crippen LogP contribution in [0, 0.1) is 0 Å². The topological polar surface area (TPSA) is 43.6 Å². The Bertz CT molecular complexity index is 3550. The number of fused-ring (bicyclic) bond motifs is 5. The van der Waals surface area contributed by atoms with Crippen molar-refractivity contribution in [2.45, 2.75) is 0 Å². The lowest BCUT2D eigenvalue weighted by molar-refractivity contribution is 1.08. The molecule has 0 fully saturated rings. The molecular formula is C59H38N4. The lowest BCUT2D eigenvalue weighted by Gasteiger charge is -2.16. The molecule has 10 aromatic carbocycles. The fourth-order valence-corrected chi connectivity index (χ4v) is 9.37. The second-order valence-corrected chi connectivity index (χ2v) is 15.9. The van der Waals surface area contributed by atoms with Gasteiger partial charge in [-0.2, -0.15) is 0 Å². The number of aromatic nitrogens is 4. The number of rotatable bonds is 7. The third-order valence-electron chi connectivity index (χ3n) is 12.3. The summed E-state index contributed by atoms with van der Waals surface area (Å²) in [7, 11) is 0. The average Bonchev–Trinajstić information content (AvgIpc) is 3.70. The SMILES string of the molecule is c1ccc(-c2nc(-c3ccccc3)nc(-c3ccc(-c4ccc(-c5ccc(-c6ccccc6-n6c7ccccc7c7ccccc76)cc5)c5ccccc45)c4ccccc34)n2)cc1. The van der Waals surface area contributed by atoms with Crippen LogP contribution in [0.5, 0.6) is 0 Å². The molecule has 0 aliphatic carbocycles. The molecule has 2 heterocycles. The van der Waals surface area contributed by atoms with E-state index in [0.717, 1.165) is 33.0 Å². The molecule has 0 N–H and O–H groups in total. The van der Waals surface area contributed by atoms with Crippen molar-refractivity contribution in [3.63, 3.8) is 0 Å². The van der Waals surface area contributed by atoms with E-state index in [-0.39, 0.29) is 0 Å². The van der Waals surface area contributed by atoms with Crippen LogP contribution in [0.15, 0.2) is 231 Å². The first-order valence-electron chi connectivity index (χ1n) is 21.4. The Morgan fingerprint density at radius 3 is 1.13 bits per heavy atom. The summed E-state index contributed by atoms with van der Waals surface area (Å²) in [5.74, 6) is 1.94. The van der Waals surface area contributed by atoms with Crippen LogP contribution in [0.4, 0.5) is 0 Å². The molecule has 0 unspecified atom stereocenters. The number of hydrogen-bond donors (Lipinski definition) is 0. The maximum absolute atomic E-state index is 5.09. The molecule has 0 aliphatic rings. The zero-order valence-corrected chi connectivity index (χ0v) is 34.2. The molecule has 2 aromatic heterocycles. The van der Waals surface area contributed by atoms with Crippen molar-refractivity contribution in [3.8, 4) is 73.2 Å². The van der Waals surface area contributed by atoms with Crippen LogP contribution in [0.25, 0.3) is 117 Å². The van der Waals surface area contributed by atoms with E-state index in [0.29, 0.717) is 17.5 Å². The van der Waals surface area contributed by atoms with Gasteiger partial charge >= 0.3 is 0 Å². The zero-order chi connectivity index (χ0) is 41.7. The number of nitrogens with zero attached hydrogens (tertiary/aromatic N) is 4. The van der Waals surface area contributed by atoms with Gasteiger partial charge in [0.05, 0.1) is 16.7 Å². The van der Waals surface area contributed by atoms with Crippen molar-refractivity contribution in [1.82, 2.24) is 19.5 Å². The molecule has 0 radical (unpaired) electrons. The van der Waals surface area contributed by atoms with Gasteiger partial charge in [0.25, 0.3) is 0 Å². The lowest BCUT2D eigenvalue weighted by Crippen LogP contribution is -2.00. The molecule has 0 spiro atoms. The molecule has 4 heteroatoms. The van der Waals surface area contributed by atoms with Crippen LogP contribution in [0.2, 0.25) is 0 Å². The second-order valence-electron chi connectivity index (χ2n) is 15.9. The molecule has 294 valence electrons. The Morgan fingerprint density at radius 2 is 0.587 bits per heavy atom. The van der Waals surface area contributed by atoms with E-state index < -0.39 is 0 Å². The van der Waals surface area contributed by atoms with E-state index in [1.807, 2.05) is 60.7 Å². The molecular weight excluding hydrogens is 765 g/mol. The number of hydrogen-bond acceptors (Lipinski definition) is 3. The van der Waals surface area contributed by atoms with Gasteiger partial charge in [-0.05, 0) is 73.6 Å². The highest BCUT2D eigenvalue weighted by atomic mass is 15.0. The van der Waals surface area contributed by atoms with Gasteiger partial charge in [-0.25, -0.2) is 15.0 Å². The van der Waals surface area contributed by atoms with Crippen LogP contribution < -0.4 is 0 Å². The fraction of sp³-hybridized carbons (Fsp3) is 0. The molecule has 0 saturated carbocycles. The molecule has 0 saturated heterocycles. The Balaban J connectivity index is 0.946. The summed E-state index contributed by atoms with van der Waals surface area (Å²) < 4.78 is 2.41. The highest BCUT2D eigenvalue weighted by Gasteiger charge is 2.19. The summed E-state index contributed by atoms with van der Waals surface area (Å²) in [6.45, 7) is 0. The fourth-order valence-electron chi connectivity index (χ4n) is 9.37. The second kappa shape index (κ2) is 15.2. The summed E-state index contributed by atoms with van der Waals surface area (Å²) in [5, 5.41) is 7.15. The van der Waals surface area contributed by atoms with Gasteiger partial charge in [-0.3, -0.25) is 0 Å². The van der Waals surface area contributed by atoms with Crippen molar-refractivity contribution < 1.29 is 0 Å². The largest absolute Gasteiger partial charge is 0.309 e. The molecule has 63 heavy (non-hydrogen) atoms. The summed E-state index contributed by atoms with van der Waals surface area (Å²) >= 11 is 0. The van der Waals surface area contributed by atoms with Crippen LogP contribution in [-0.2, 0) is 0 Å². The maximum atomic E-state index is 5.09. The van der Waals surface area contributed by atoms with Crippen molar-refractivity contribution in [2.75, 3.05) is 0 Å².